The van der Waals surface area contributed by atoms with Gasteiger partial charge in [-0.25, -0.2) is 0 Å². The Morgan fingerprint density at radius 1 is 0.347 bits per heavy atom. The van der Waals surface area contributed by atoms with E-state index in [1.54, 1.807) is 6.07 Å². The lowest BCUT2D eigenvalue weighted by atomic mass is 9.84. The van der Waals surface area contributed by atoms with Crippen molar-refractivity contribution in [1.82, 2.24) is 0 Å². The van der Waals surface area contributed by atoms with Gasteiger partial charge in [-0.3, -0.25) is 0 Å². The van der Waals surface area contributed by atoms with Crippen LogP contribution in [0, 0.1) is 0 Å². The van der Waals surface area contributed by atoms with Crippen molar-refractivity contribution in [3.05, 3.63) is 182 Å². The van der Waals surface area contributed by atoms with Gasteiger partial charge in [-0.2, -0.15) is 0 Å². The first-order valence-corrected chi connectivity index (χ1v) is 15.7. The molecule has 0 fully saturated rings. The summed E-state index contributed by atoms with van der Waals surface area (Å²) in [6.45, 7) is 0. The Morgan fingerprint density at radius 2 is 0.878 bits per heavy atom. The summed E-state index contributed by atoms with van der Waals surface area (Å²) in [6, 6.07) is 23.8. The second-order valence-corrected chi connectivity index (χ2v) is 11.8. The van der Waals surface area contributed by atoms with E-state index in [-0.39, 0.29) is 68.0 Å². The number of furan rings is 1. The summed E-state index contributed by atoms with van der Waals surface area (Å²) in [5, 5.41) is 2.01. The van der Waals surface area contributed by atoms with E-state index in [4.69, 9.17) is 18.1 Å². The first kappa shape index (κ1) is 17.1. The van der Waals surface area contributed by atoms with Crippen molar-refractivity contribution in [1.29, 1.82) is 0 Å². The fraction of sp³-hybridized carbons (Fsp3) is 0. The highest BCUT2D eigenvalue weighted by molar-refractivity contribution is 6.22. The van der Waals surface area contributed by atoms with Crippen LogP contribution in [0.15, 0.2) is 186 Å². The summed E-state index contributed by atoms with van der Waals surface area (Å²) in [6.07, 6.45) is 0. The lowest BCUT2D eigenvalue weighted by Crippen LogP contribution is -1.92. The van der Waals surface area contributed by atoms with Crippen LogP contribution in [0.25, 0.3) is 98.8 Å². The summed E-state index contributed by atoms with van der Waals surface area (Å²) in [4.78, 5) is 0. The largest absolute Gasteiger partial charge is 0.456 e. The van der Waals surface area contributed by atoms with Crippen molar-refractivity contribution < 1.29 is 23.6 Å². The minimum absolute atomic E-state index is 0.0372. The van der Waals surface area contributed by atoms with Crippen LogP contribution in [0.1, 0.15) is 19.2 Å². The Kier molecular flexibility index (Phi) is 3.87. The summed E-state index contributed by atoms with van der Waals surface area (Å²) in [5.74, 6) is 0. The molecule has 49 heavy (non-hydrogen) atoms. The van der Waals surface area contributed by atoms with Crippen molar-refractivity contribution in [2.24, 2.45) is 0 Å². The molecule has 0 atom stereocenters. The zero-order valence-electron chi connectivity index (χ0n) is 39.6. The minimum atomic E-state index is -0.582. The highest BCUT2D eigenvalue weighted by atomic mass is 16.3. The Hall–Kier alpha value is -6.44. The maximum Gasteiger partial charge on any atom is 0.136 e. The zero-order chi connectivity index (χ0) is 44.5. The predicted molar refractivity (Wildman–Crippen MR) is 208 cm³/mol. The van der Waals surface area contributed by atoms with Crippen molar-refractivity contribution in [3.63, 3.8) is 0 Å². The lowest BCUT2D eigenvalue weighted by molar-refractivity contribution is 0.669. The molecular weight excluding hydrogens is 593 g/mol. The van der Waals surface area contributed by atoms with Gasteiger partial charge in [-0.15, -0.1) is 0 Å². The third-order valence-electron chi connectivity index (χ3n) is 8.93. The Morgan fingerprint density at radius 3 is 1.55 bits per heavy atom. The standard InChI is InChI=1S/C48H30O/c1-3-13-31(14-4-1)36-25-37(32-15-5-2-6-16-32)27-38(26-36)48-41-21-11-9-19-39(41)47(40-20-10-12-22-42(40)48)35-23-24-45-43(29-35)44-28-33-17-7-8-18-34(33)30-46(44)49-45/h1-30H/i1D,3D,4D,7D,8D,13D,14D,17D,18D,23D,24D,28D,29D,30D. The Labute approximate surface area is 304 Å². The molecule has 0 bridgehead atoms. The molecule has 10 rings (SSSR count). The van der Waals surface area contributed by atoms with Crippen molar-refractivity contribution in [2.75, 3.05) is 0 Å². The molecule has 228 valence electrons. The molecule has 0 aliphatic rings. The third-order valence-corrected chi connectivity index (χ3v) is 8.93. The van der Waals surface area contributed by atoms with Crippen LogP contribution < -0.4 is 0 Å². The third kappa shape index (κ3) is 4.55. The fourth-order valence-corrected chi connectivity index (χ4v) is 6.80. The van der Waals surface area contributed by atoms with Crippen LogP contribution in [0.3, 0.4) is 0 Å². The van der Waals surface area contributed by atoms with Gasteiger partial charge in [-0.05, 0) is 119 Å². The average molecular weight is 637 g/mol. The van der Waals surface area contributed by atoms with Crippen molar-refractivity contribution >= 4 is 54.3 Å². The summed E-state index contributed by atoms with van der Waals surface area (Å²) < 4.78 is 130. The van der Waals surface area contributed by atoms with E-state index >= 15 is 0 Å². The molecule has 1 heteroatoms. The molecule has 0 amide bonds. The van der Waals surface area contributed by atoms with E-state index in [1.807, 2.05) is 91.0 Å². The van der Waals surface area contributed by atoms with Crippen LogP contribution in [-0.4, -0.2) is 0 Å². The Bertz CT molecular complexity index is 3590. The molecule has 0 radical (unpaired) electrons. The molecule has 0 aliphatic carbocycles. The average Bonchev–Trinajstić information content (AvgIpc) is 3.71. The highest BCUT2D eigenvalue weighted by Crippen LogP contribution is 2.46. The van der Waals surface area contributed by atoms with Crippen LogP contribution in [-0.2, 0) is 0 Å². The molecule has 0 spiro atoms. The van der Waals surface area contributed by atoms with E-state index in [2.05, 4.69) is 0 Å². The molecule has 0 unspecified atom stereocenters. The predicted octanol–water partition coefficient (Wildman–Crippen LogP) is 13.7. The minimum Gasteiger partial charge on any atom is -0.456 e. The molecule has 9 aromatic carbocycles. The van der Waals surface area contributed by atoms with Gasteiger partial charge in [0.1, 0.15) is 11.2 Å². The molecule has 1 aromatic heterocycles. The lowest BCUT2D eigenvalue weighted by Gasteiger charge is -2.19. The summed E-state index contributed by atoms with van der Waals surface area (Å²) in [5.41, 5.74) is 3.41. The van der Waals surface area contributed by atoms with E-state index < -0.39 is 60.4 Å². The van der Waals surface area contributed by atoms with E-state index in [0.29, 0.717) is 38.2 Å². The topological polar surface area (TPSA) is 13.1 Å². The maximum atomic E-state index is 9.83. The van der Waals surface area contributed by atoms with Crippen molar-refractivity contribution in [3.8, 4) is 44.5 Å². The summed E-state index contributed by atoms with van der Waals surface area (Å²) in [7, 11) is 0. The first-order chi connectivity index (χ1) is 30.1. The first-order valence-electron chi connectivity index (χ1n) is 22.7. The van der Waals surface area contributed by atoms with Crippen LogP contribution in [0.5, 0.6) is 0 Å². The van der Waals surface area contributed by atoms with Crippen LogP contribution >= 0.6 is 0 Å². The van der Waals surface area contributed by atoms with Gasteiger partial charge in [0, 0.05) is 10.8 Å². The van der Waals surface area contributed by atoms with Crippen LogP contribution in [0.2, 0.25) is 0 Å². The molecule has 0 saturated carbocycles. The SMILES string of the molecule is [2H]c1c([2H])c([2H])c(-c2cc(-c3ccccc3)cc(-c3c4ccccc4c(-c4c([2H])c([2H])c5oc6c([2H])c7c([2H])c([2H])c([2H])c([2H])c7c([2H])c6c5c4[2H])c4ccccc34)c2)c([2H])c1[2H]. The normalized spacial score (nSPS) is 15.7. The van der Waals surface area contributed by atoms with Crippen LogP contribution in [0.4, 0.5) is 0 Å². The molecule has 10 aromatic rings. The van der Waals surface area contributed by atoms with E-state index in [9.17, 15) is 5.48 Å². The molecule has 0 saturated heterocycles. The molecule has 0 aliphatic heterocycles. The smallest absolute Gasteiger partial charge is 0.136 e. The van der Waals surface area contributed by atoms with Gasteiger partial charge in [-0.1, -0.05) is 139 Å². The van der Waals surface area contributed by atoms with Gasteiger partial charge in [0.25, 0.3) is 0 Å². The fourth-order valence-electron chi connectivity index (χ4n) is 6.80. The molecule has 1 heterocycles. The number of benzene rings is 9. The van der Waals surface area contributed by atoms with E-state index in [1.165, 1.54) is 0 Å². The van der Waals surface area contributed by atoms with E-state index in [0.717, 1.165) is 16.7 Å². The van der Waals surface area contributed by atoms with Gasteiger partial charge in [0.2, 0.25) is 0 Å². The second kappa shape index (κ2) is 11.1. The maximum absolute atomic E-state index is 9.83. The number of hydrogen-bond donors (Lipinski definition) is 0. The van der Waals surface area contributed by atoms with Gasteiger partial charge in [0.15, 0.2) is 0 Å². The van der Waals surface area contributed by atoms with Gasteiger partial charge in [0.05, 0.1) is 19.2 Å². The van der Waals surface area contributed by atoms with Gasteiger partial charge >= 0.3 is 0 Å². The zero-order valence-corrected chi connectivity index (χ0v) is 25.6. The second-order valence-electron chi connectivity index (χ2n) is 11.8. The number of hydrogen-bond acceptors (Lipinski definition) is 1. The monoisotopic (exact) mass is 636 g/mol. The highest BCUT2D eigenvalue weighted by Gasteiger charge is 2.19. The molecule has 1 nitrogen and oxygen atoms in total. The number of fused-ring (bicyclic) bond motifs is 6. The van der Waals surface area contributed by atoms with Gasteiger partial charge < -0.3 is 4.42 Å². The molecule has 0 N–H and O–H groups in total. The Balaban J connectivity index is 1.33. The number of rotatable bonds is 4. The van der Waals surface area contributed by atoms with Crippen molar-refractivity contribution in [2.45, 2.75) is 0 Å². The quantitative estimate of drug-likeness (QED) is 0.175. The summed E-state index contributed by atoms with van der Waals surface area (Å²) >= 11 is 0. The molecular formula is C48H30O.